The van der Waals surface area contributed by atoms with E-state index in [1.165, 1.54) is 30.4 Å². The fraction of sp³-hybridized carbons (Fsp3) is 0.250. The van der Waals surface area contributed by atoms with Gasteiger partial charge in [0.1, 0.15) is 11.3 Å². The fourth-order valence-electron chi connectivity index (χ4n) is 3.02. The molecule has 4 rings (SSSR count). The highest BCUT2D eigenvalue weighted by molar-refractivity contribution is 6.16. The average molecular weight is 284 g/mol. The van der Waals surface area contributed by atoms with E-state index in [9.17, 15) is 0 Å². The minimum Gasteiger partial charge on any atom is -0.280 e. The zero-order chi connectivity index (χ0) is 13.5. The maximum Gasteiger partial charge on any atom is 0.164 e. The van der Waals surface area contributed by atoms with Crippen molar-refractivity contribution in [2.75, 3.05) is 0 Å². The Morgan fingerprint density at radius 1 is 1.15 bits per heavy atom. The van der Waals surface area contributed by atoms with Crippen LogP contribution in [0.3, 0.4) is 0 Å². The Labute approximate surface area is 122 Å². The summed E-state index contributed by atoms with van der Waals surface area (Å²) in [6, 6.07) is 10.5. The molecule has 1 aromatic carbocycles. The van der Waals surface area contributed by atoms with Gasteiger partial charge in [0.2, 0.25) is 0 Å². The molecule has 0 amide bonds. The first kappa shape index (κ1) is 11.9. The van der Waals surface area contributed by atoms with Crippen LogP contribution in [-0.4, -0.2) is 14.5 Å². The number of hydrogen-bond donors (Lipinski definition) is 0. The minimum atomic E-state index is 0.382. The highest BCUT2D eigenvalue weighted by atomic mass is 35.5. The maximum atomic E-state index is 6.06. The number of pyridine rings is 1. The molecule has 3 nitrogen and oxygen atoms in total. The molecule has 1 aliphatic rings. The average Bonchev–Trinajstić information content (AvgIpc) is 3.09. The Morgan fingerprint density at radius 2 is 2.05 bits per heavy atom. The van der Waals surface area contributed by atoms with E-state index in [1.807, 2.05) is 12.1 Å². The molecule has 20 heavy (non-hydrogen) atoms. The van der Waals surface area contributed by atoms with Crippen molar-refractivity contribution < 1.29 is 0 Å². The van der Waals surface area contributed by atoms with Crippen LogP contribution in [0.4, 0.5) is 0 Å². The van der Waals surface area contributed by atoms with Gasteiger partial charge >= 0.3 is 0 Å². The van der Waals surface area contributed by atoms with Gasteiger partial charge in [-0.1, -0.05) is 6.07 Å². The first-order chi connectivity index (χ1) is 9.86. The molecule has 0 unspecified atom stereocenters. The first-order valence-electron chi connectivity index (χ1n) is 6.87. The molecular formula is C16H14ClN3. The van der Waals surface area contributed by atoms with Crippen LogP contribution < -0.4 is 0 Å². The van der Waals surface area contributed by atoms with Gasteiger partial charge in [0.05, 0.1) is 5.88 Å². The number of alkyl halides is 1. The highest BCUT2D eigenvalue weighted by Gasteiger charge is 2.16. The predicted molar refractivity (Wildman–Crippen MR) is 80.4 cm³/mol. The summed E-state index contributed by atoms with van der Waals surface area (Å²) < 4.78 is 2.07. The molecule has 1 aliphatic carbocycles. The molecule has 0 spiro atoms. The van der Waals surface area contributed by atoms with Crippen molar-refractivity contribution in [3.63, 3.8) is 0 Å². The third-order valence-corrected chi connectivity index (χ3v) is 4.18. The van der Waals surface area contributed by atoms with Gasteiger partial charge in [-0.25, -0.2) is 9.97 Å². The summed E-state index contributed by atoms with van der Waals surface area (Å²) in [5.74, 6) is 1.23. The normalized spacial score (nSPS) is 13.8. The molecule has 0 radical (unpaired) electrons. The van der Waals surface area contributed by atoms with Gasteiger partial charge in [-0.15, -0.1) is 11.6 Å². The lowest BCUT2D eigenvalue weighted by Crippen LogP contribution is -2.01. The van der Waals surface area contributed by atoms with Crippen LogP contribution in [0, 0.1) is 0 Å². The number of imidazole rings is 1. The van der Waals surface area contributed by atoms with Gasteiger partial charge in [-0.3, -0.25) is 4.57 Å². The van der Waals surface area contributed by atoms with Gasteiger partial charge < -0.3 is 0 Å². The lowest BCUT2D eigenvalue weighted by Gasteiger charge is -2.09. The summed E-state index contributed by atoms with van der Waals surface area (Å²) in [4.78, 5) is 9.03. The molecule has 0 aliphatic heterocycles. The number of aromatic nitrogens is 3. The number of benzene rings is 1. The summed E-state index contributed by atoms with van der Waals surface area (Å²) in [5.41, 5.74) is 5.80. The smallest absolute Gasteiger partial charge is 0.164 e. The van der Waals surface area contributed by atoms with Gasteiger partial charge in [0.15, 0.2) is 5.65 Å². The van der Waals surface area contributed by atoms with Gasteiger partial charge in [0, 0.05) is 11.9 Å². The van der Waals surface area contributed by atoms with Crippen LogP contribution in [0.15, 0.2) is 36.5 Å². The van der Waals surface area contributed by atoms with Gasteiger partial charge in [-0.05, 0) is 54.7 Å². The van der Waals surface area contributed by atoms with E-state index < -0.39 is 0 Å². The standard InChI is InChI=1S/C16H14ClN3/c17-10-15-19-14-5-2-8-18-16(14)20(15)13-7-6-11-3-1-4-12(11)9-13/h2,5-9H,1,3-4,10H2. The van der Waals surface area contributed by atoms with Crippen molar-refractivity contribution in [2.45, 2.75) is 25.1 Å². The summed E-state index contributed by atoms with van der Waals surface area (Å²) in [7, 11) is 0. The monoisotopic (exact) mass is 283 g/mol. The third kappa shape index (κ3) is 1.74. The second-order valence-electron chi connectivity index (χ2n) is 5.15. The van der Waals surface area contributed by atoms with Crippen LogP contribution in [0.1, 0.15) is 23.4 Å². The van der Waals surface area contributed by atoms with E-state index in [2.05, 4.69) is 32.7 Å². The number of nitrogens with zero attached hydrogens (tertiary/aromatic N) is 3. The predicted octanol–water partition coefficient (Wildman–Crippen LogP) is 3.65. The summed E-state index contributed by atoms with van der Waals surface area (Å²) in [6.45, 7) is 0. The maximum absolute atomic E-state index is 6.06. The van der Waals surface area contributed by atoms with Crippen molar-refractivity contribution >= 4 is 22.8 Å². The van der Waals surface area contributed by atoms with E-state index in [-0.39, 0.29) is 0 Å². The summed E-state index contributed by atoms with van der Waals surface area (Å²) in [6.07, 6.45) is 5.41. The quantitative estimate of drug-likeness (QED) is 0.672. The molecule has 0 saturated heterocycles. The van der Waals surface area contributed by atoms with Crippen molar-refractivity contribution in [3.05, 3.63) is 53.5 Å². The lowest BCUT2D eigenvalue weighted by molar-refractivity contribution is 0.911. The Kier molecular flexibility index (Phi) is 2.74. The van der Waals surface area contributed by atoms with E-state index >= 15 is 0 Å². The first-order valence-corrected chi connectivity index (χ1v) is 7.41. The number of rotatable bonds is 2. The second-order valence-corrected chi connectivity index (χ2v) is 5.42. The molecule has 3 aromatic rings. The zero-order valence-electron chi connectivity index (χ0n) is 11.0. The van der Waals surface area contributed by atoms with Crippen LogP contribution in [-0.2, 0) is 18.7 Å². The van der Waals surface area contributed by atoms with E-state index in [0.29, 0.717) is 5.88 Å². The molecule has 0 atom stereocenters. The lowest BCUT2D eigenvalue weighted by atomic mass is 10.1. The second kappa shape index (κ2) is 4.60. The molecule has 2 heterocycles. The molecular weight excluding hydrogens is 270 g/mol. The molecule has 0 bridgehead atoms. The van der Waals surface area contributed by atoms with E-state index in [1.54, 1.807) is 6.20 Å². The van der Waals surface area contributed by atoms with Gasteiger partial charge in [0.25, 0.3) is 0 Å². The number of fused-ring (bicyclic) bond motifs is 2. The largest absolute Gasteiger partial charge is 0.280 e. The van der Waals surface area contributed by atoms with Crippen LogP contribution in [0.2, 0.25) is 0 Å². The fourth-order valence-corrected chi connectivity index (χ4v) is 3.20. The van der Waals surface area contributed by atoms with Crippen LogP contribution in [0.5, 0.6) is 0 Å². The van der Waals surface area contributed by atoms with Gasteiger partial charge in [-0.2, -0.15) is 0 Å². The SMILES string of the molecule is ClCc1nc2cccnc2n1-c1ccc2c(c1)CCC2. The van der Waals surface area contributed by atoms with E-state index in [4.69, 9.17) is 11.6 Å². The van der Waals surface area contributed by atoms with E-state index in [0.717, 1.165) is 22.7 Å². The Balaban J connectivity index is 1.97. The molecule has 4 heteroatoms. The Bertz CT molecular complexity index is 792. The third-order valence-electron chi connectivity index (χ3n) is 3.95. The number of hydrogen-bond acceptors (Lipinski definition) is 2. The Hall–Kier alpha value is -1.87. The Morgan fingerprint density at radius 3 is 2.95 bits per heavy atom. The summed E-state index contributed by atoms with van der Waals surface area (Å²) in [5, 5.41) is 0. The highest BCUT2D eigenvalue weighted by Crippen LogP contribution is 2.27. The van der Waals surface area contributed by atoms with Crippen molar-refractivity contribution in [3.8, 4) is 5.69 Å². The molecule has 0 fully saturated rings. The molecule has 0 N–H and O–H groups in total. The number of aryl methyl sites for hydroxylation is 2. The number of halogens is 1. The zero-order valence-corrected chi connectivity index (χ0v) is 11.8. The van der Waals surface area contributed by atoms with Crippen LogP contribution in [0.25, 0.3) is 16.9 Å². The minimum absolute atomic E-state index is 0.382. The van der Waals surface area contributed by atoms with Crippen LogP contribution >= 0.6 is 11.6 Å². The molecule has 0 saturated carbocycles. The molecule has 2 aromatic heterocycles. The van der Waals surface area contributed by atoms with Crippen molar-refractivity contribution in [1.82, 2.24) is 14.5 Å². The van der Waals surface area contributed by atoms with Crippen molar-refractivity contribution in [2.24, 2.45) is 0 Å². The molecule has 100 valence electrons. The van der Waals surface area contributed by atoms with Crippen molar-refractivity contribution in [1.29, 1.82) is 0 Å². The topological polar surface area (TPSA) is 30.7 Å². The summed E-state index contributed by atoms with van der Waals surface area (Å²) >= 11 is 6.06.